The van der Waals surface area contributed by atoms with E-state index >= 15 is 0 Å². The van der Waals surface area contributed by atoms with Crippen LogP contribution in [0.25, 0.3) is 6.08 Å². The van der Waals surface area contributed by atoms with Gasteiger partial charge in [0.25, 0.3) is 0 Å². The number of carbonyl (C=O) groups excluding carboxylic acids is 1. The third-order valence-corrected chi connectivity index (χ3v) is 7.47. The molecule has 1 heterocycles. The summed E-state index contributed by atoms with van der Waals surface area (Å²) < 4.78 is 6.07. The third-order valence-electron chi connectivity index (χ3n) is 5.05. The molecule has 4 heteroatoms. The summed E-state index contributed by atoms with van der Waals surface area (Å²) in [6.07, 6.45) is 6.10. The fraction of sp³-hybridized carbons (Fsp3) is 0.111. The molecule has 0 aliphatic carbocycles. The Hall–Kier alpha value is -3.20. The Balaban J connectivity index is 1.60. The van der Waals surface area contributed by atoms with Crippen LogP contribution in [-0.2, 0) is 16.1 Å². The first-order chi connectivity index (χ1) is 15.2. The van der Waals surface area contributed by atoms with Crippen LogP contribution in [0.2, 0.25) is 0 Å². The van der Waals surface area contributed by atoms with Crippen LogP contribution < -0.4 is 0 Å². The molecule has 1 N–H and O–H groups in total. The van der Waals surface area contributed by atoms with Gasteiger partial charge in [0.15, 0.2) is 0 Å². The van der Waals surface area contributed by atoms with E-state index in [2.05, 4.69) is 18.2 Å². The first kappa shape index (κ1) is 21.0. The minimum atomic E-state index is -0.649. The van der Waals surface area contributed by atoms with Crippen LogP contribution in [0.5, 0.6) is 0 Å². The van der Waals surface area contributed by atoms with Crippen molar-refractivity contribution < 1.29 is 9.53 Å². The molecule has 0 aromatic heterocycles. The minimum absolute atomic E-state index is 0.134. The van der Waals surface area contributed by atoms with E-state index in [0.29, 0.717) is 4.61 Å². The van der Waals surface area contributed by atoms with Crippen molar-refractivity contribution in [3.63, 3.8) is 0 Å². The van der Waals surface area contributed by atoms with Crippen molar-refractivity contribution in [2.45, 2.75) is 11.4 Å². The molecule has 2 atom stereocenters. The van der Waals surface area contributed by atoms with Gasteiger partial charge in [-0.1, -0.05) is 0 Å². The number of allylic oxidation sites excluding steroid dienone is 2. The van der Waals surface area contributed by atoms with Crippen LogP contribution in [0, 0.1) is 11.3 Å². The zero-order valence-corrected chi connectivity index (χ0v) is 18.7. The second-order valence-corrected chi connectivity index (χ2v) is 9.73. The van der Waals surface area contributed by atoms with Crippen molar-refractivity contribution >= 4 is 31.6 Å². The van der Waals surface area contributed by atoms with E-state index in [4.69, 9.17) is 10.1 Å². The summed E-state index contributed by atoms with van der Waals surface area (Å²) in [5, 5.41) is 8.70. The molecule has 0 radical (unpaired) electrons. The molecule has 4 rings (SSSR count). The second kappa shape index (κ2) is 10.2. The number of esters is 1. The van der Waals surface area contributed by atoms with E-state index in [-0.39, 0.29) is 32.3 Å². The topological polar surface area (TPSA) is 50.2 Å². The Morgan fingerprint density at radius 1 is 0.871 bits per heavy atom. The molecule has 3 aromatic rings. The molecule has 0 amide bonds. The van der Waals surface area contributed by atoms with Gasteiger partial charge in [-0.05, 0) is 0 Å². The summed E-state index contributed by atoms with van der Waals surface area (Å²) >= 11 is -0.151. The summed E-state index contributed by atoms with van der Waals surface area (Å²) in [5.41, 5.74) is 4.00. The van der Waals surface area contributed by atoms with E-state index in [1.165, 1.54) is 5.56 Å². The van der Waals surface area contributed by atoms with Gasteiger partial charge in [-0.2, -0.15) is 0 Å². The molecule has 2 unspecified atom stereocenters. The van der Waals surface area contributed by atoms with Crippen molar-refractivity contribution in [1.29, 1.82) is 5.41 Å². The Labute approximate surface area is 189 Å². The quantitative estimate of drug-likeness (QED) is 0.385. The standard InChI is InChI=1S/C27H23NO2Se/c28-26-25(27(29)30-19-21-12-6-2-7-13-21)23(17-16-20-10-4-1-5-11-20)18-24(31-26)22-14-8-3-9-15-22/h1-18,24-25,28H,19H2/b17-16+,28-26?. The molecule has 0 fully saturated rings. The molecule has 0 saturated heterocycles. The van der Waals surface area contributed by atoms with Crippen LogP contribution in [0.4, 0.5) is 0 Å². The molecule has 31 heavy (non-hydrogen) atoms. The van der Waals surface area contributed by atoms with Crippen molar-refractivity contribution in [3.8, 4) is 0 Å². The molecule has 154 valence electrons. The zero-order chi connectivity index (χ0) is 21.5. The van der Waals surface area contributed by atoms with Gasteiger partial charge in [0.05, 0.1) is 0 Å². The molecular weight excluding hydrogens is 449 g/mol. The van der Waals surface area contributed by atoms with Gasteiger partial charge in [-0.15, -0.1) is 0 Å². The summed E-state index contributed by atoms with van der Waals surface area (Å²) in [6.45, 7) is 0.217. The first-order valence-electron chi connectivity index (χ1n) is 10.2. The SMILES string of the molecule is N=C1[Se]C(c2ccccc2)C=C(/C=C/c2ccccc2)C1C(=O)OCc1ccccc1. The van der Waals surface area contributed by atoms with E-state index in [0.717, 1.165) is 16.7 Å². The summed E-state index contributed by atoms with van der Waals surface area (Å²) in [7, 11) is 0. The first-order valence-corrected chi connectivity index (χ1v) is 12.0. The third kappa shape index (κ3) is 5.49. The van der Waals surface area contributed by atoms with Crippen molar-refractivity contribution in [2.24, 2.45) is 5.92 Å². The summed E-state index contributed by atoms with van der Waals surface area (Å²) in [6, 6.07) is 29.8. The second-order valence-electron chi connectivity index (χ2n) is 7.25. The summed E-state index contributed by atoms with van der Waals surface area (Å²) in [5.74, 6) is -1.00. The van der Waals surface area contributed by atoms with Crippen LogP contribution in [0.3, 0.4) is 0 Å². The predicted octanol–water partition coefficient (Wildman–Crippen LogP) is 5.42. The number of rotatable bonds is 6. The fourth-order valence-corrected chi connectivity index (χ4v) is 5.87. The maximum absolute atomic E-state index is 13.0. The zero-order valence-electron chi connectivity index (χ0n) is 17.0. The molecular formula is C27H23NO2Se. The van der Waals surface area contributed by atoms with Gasteiger partial charge >= 0.3 is 189 Å². The fourth-order valence-electron chi connectivity index (χ4n) is 3.43. The van der Waals surface area contributed by atoms with E-state index in [1.807, 2.05) is 91.0 Å². The van der Waals surface area contributed by atoms with Gasteiger partial charge in [-0.25, -0.2) is 0 Å². The number of carbonyl (C=O) groups is 1. The van der Waals surface area contributed by atoms with Crippen LogP contribution in [0.15, 0.2) is 109 Å². The molecule has 0 spiro atoms. The number of hydrogen-bond donors (Lipinski definition) is 1. The average Bonchev–Trinajstić information content (AvgIpc) is 2.83. The van der Waals surface area contributed by atoms with Crippen molar-refractivity contribution in [1.82, 2.24) is 0 Å². The van der Waals surface area contributed by atoms with Crippen molar-refractivity contribution in [3.05, 3.63) is 125 Å². The normalized spacial score (nSPS) is 18.6. The van der Waals surface area contributed by atoms with E-state index < -0.39 is 5.92 Å². The monoisotopic (exact) mass is 473 g/mol. The van der Waals surface area contributed by atoms with Gasteiger partial charge in [0.2, 0.25) is 0 Å². The van der Waals surface area contributed by atoms with Gasteiger partial charge in [-0.3, -0.25) is 0 Å². The van der Waals surface area contributed by atoms with Gasteiger partial charge < -0.3 is 0 Å². The van der Waals surface area contributed by atoms with E-state index in [9.17, 15) is 4.79 Å². The van der Waals surface area contributed by atoms with Crippen molar-refractivity contribution in [2.75, 3.05) is 0 Å². The van der Waals surface area contributed by atoms with Crippen LogP contribution >= 0.6 is 0 Å². The Kier molecular flexibility index (Phi) is 6.93. The van der Waals surface area contributed by atoms with Gasteiger partial charge in [0.1, 0.15) is 0 Å². The van der Waals surface area contributed by atoms with E-state index in [1.54, 1.807) is 0 Å². The van der Waals surface area contributed by atoms with Crippen LogP contribution in [-0.4, -0.2) is 25.5 Å². The Morgan fingerprint density at radius 2 is 1.48 bits per heavy atom. The molecule has 1 aliphatic rings. The number of benzene rings is 3. The predicted molar refractivity (Wildman–Crippen MR) is 126 cm³/mol. The van der Waals surface area contributed by atoms with Gasteiger partial charge in [0, 0.05) is 0 Å². The number of hydrogen-bond acceptors (Lipinski definition) is 3. The number of nitrogens with one attached hydrogen (secondary N) is 1. The Bertz CT molecular complexity index is 1090. The molecule has 0 saturated carbocycles. The molecule has 0 bridgehead atoms. The van der Waals surface area contributed by atoms with Crippen LogP contribution in [0.1, 0.15) is 21.5 Å². The molecule has 3 aromatic carbocycles. The number of ether oxygens (including phenoxy) is 1. The summed E-state index contributed by atoms with van der Waals surface area (Å²) in [4.78, 5) is 13.2. The molecule has 3 nitrogen and oxygen atoms in total. The maximum atomic E-state index is 13.0. The Morgan fingerprint density at radius 3 is 2.16 bits per heavy atom. The molecule has 1 aliphatic heterocycles. The average molecular weight is 472 g/mol.